The molecule has 26 heavy (non-hydrogen) atoms. The highest BCUT2D eigenvalue weighted by molar-refractivity contribution is 6.26. The van der Waals surface area contributed by atoms with E-state index in [9.17, 15) is 14.4 Å². The molecular weight excluding hydrogens is 367 g/mol. The van der Waals surface area contributed by atoms with Crippen LogP contribution in [0.1, 0.15) is 38.7 Å². The molecule has 1 aromatic rings. The number of carbonyl (C=O) groups excluding carboxylic acids is 1. The first-order valence-corrected chi connectivity index (χ1v) is 13.1. The molecule has 5 nitrogen and oxygen atoms in total. The van der Waals surface area contributed by atoms with Crippen molar-refractivity contribution in [3.63, 3.8) is 0 Å². The predicted octanol–water partition coefficient (Wildman–Crippen LogP) is 2.23. The van der Waals surface area contributed by atoms with Crippen molar-refractivity contribution in [1.29, 1.82) is 5.26 Å². The van der Waals surface area contributed by atoms with E-state index in [0.717, 1.165) is 0 Å². The van der Waals surface area contributed by atoms with E-state index in [1.165, 1.54) is 18.2 Å². The molecular formula is C18H27FN2O3Si2. The van der Waals surface area contributed by atoms with Gasteiger partial charge in [-0.3, -0.25) is 4.79 Å². The Hall–Kier alpha value is -1.54. The third kappa shape index (κ3) is 4.59. The van der Waals surface area contributed by atoms with E-state index >= 15 is 0 Å². The Morgan fingerprint density at radius 2 is 2.04 bits per heavy atom. The Labute approximate surface area is 159 Å². The van der Waals surface area contributed by atoms with Crippen molar-refractivity contribution < 1.29 is 18.0 Å². The third-order valence-electron chi connectivity index (χ3n) is 4.70. The molecule has 8 heteroatoms. The van der Waals surface area contributed by atoms with Gasteiger partial charge >= 0.3 is 0 Å². The van der Waals surface area contributed by atoms with E-state index in [2.05, 4.69) is 33.0 Å². The normalized spacial score (nSPS) is 19.8. The standard InChI is InChI=1S/C18H27FN2O3Si2/c1-18(2,17(23-25-3)24-26-4)10-14-7-8-16(22)21(14)15-9-13(19)6-5-12(15)11-20/h5-6,9,14,17H,7-8,10,25-26H2,1-4H3. The van der Waals surface area contributed by atoms with Crippen molar-refractivity contribution in [3.8, 4) is 6.07 Å². The first-order chi connectivity index (χ1) is 12.3. The minimum Gasteiger partial charge on any atom is -0.400 e. The summed E-state index contributed by atoms with van der Waals surface area (Å²) < 4.78 is 25.6. The number of anilines is 1. The summed E-state index contributed by atoms with van der Waals surface area (Å²) in [5.74, 6) is -0.517. The number of halogens is 1. The van der Waals surface area contributed by atoms with Crippen LogP contribution >= 0.6 is 0 Å². The minimum absolute atomic E-state index is 0.0685. The van der Waals surface area contributed by atoms with Crippen LogP contribution in [0.2, 0.25) is 13.1 Å². The molecule has 0 spiro atoms. The van der Waals surface area contributed by atoms with Crippen LogP contribution < -0.4 is 4.90 Å². The summed E-state index contributed by atoms with van der Waals surface area (Å²) in [6, 6.07) is 5.93. The van der Waals surface area contributed by atoms with Gasteiger partial charge in [-0.2, -0.15) is 5.26 Å². The van der Waals surface area contributed by atoms with Gasteiger partial charge in [-0.25, -0.2) is 4.39 Å². The highest BCUT2D eigenvalue weighted by Gasteiger charge is 2.40. The summed E-state index contributed by atoms with van der Waals surface area (Å²) in [6.45, 7) is 8.31. The molecule has 1 aliphatic rings. The van der Waals surface area contributed by atoms with Crippen LogP contribution in [0, 0.1) is 22.6 Å². The fourth-order valence-corrected chi connectivity index (χ4v) is 5.46. The van der Waals surface area contributed by atoms with Gasteiger partial charge in [-0.1, -0.05) is 26.9 Å². The molecule has 0 aromatic heterocycles. The van der Waals surface area contributed by atoms with Crippen LogP contribution in [0.25, 0.3) is 0 Å². The van der Waals surface area contributed by atoms with E-state index in [4.69, 9.17) is 8.85 Å². The lowest BCUT2D eigenvalue weighted by Gasteiger charge is -2.38. The second kappa shape index (κ2) is 8.91. The van der Waals surface area contributed by atoms with E-state index < -0.39 is 25.3 Å². The lowest BCUT2D eigenvalue weighted by Crippen LogP contribution is -2.43. The molecule has 1 fully saturated rings. The van der Waals surface area contributed by atoms with E-state index in [1.54, 1.807) is 4.90 Å². The van der Waals surface area contributed by atoms with Crippen molar-refractivity contribution in [2.45, 2.75) is 58.5 Å². The molecule has 1 aromatic carbocycles. The molecule has 1 unspecified atom stereocenters. The van der Waals surface area contributed by atoms with Crippen molar-refractivity contribution in [2.24, 2.45) is 5.41 Å². The first kappa shape index (κ1) is 20.8. The van der Waals surface area contributed by atoms with Gasteiger partial charge in [0, 0.05) is 17.9 Å². The molecule has 0 N–H and O–H groups in total. The van der Waals surface area contributed by atoms with Crippen LogP contribution in [0.4, 0.5) is 10.1 Å². The van der Waals surface area contributed by atoms with E-state index in [1.807, 2.05) is 0 Å². The molecule has 0 aliphatic carbocycles. The highest BCUT2D eigenvalue weighted by atomic mass is 28.2. The Kier molecular flexibility index (Phi) is 7.11. The van der Waals surface area contributed by atoms with E-state index in [-0.39, 0.29) is 23.7 Å². The van der Waals surface area contributed by atoms with Crippen LogP contribution in [0.5, 0.6) is 0 Å². The van der Waals surface area contributed by atoms with Crippen molar-refractivity contribution in [1.82, 2.24) is 0 Å². The summed E-state index contributed by atoms with van der Waals surface area (Å²) in [5.41, 5.74) is 0.402. The number of nitrogens with zero attached hydrogens (tertiary/aromatic N) is 2. The molecule has 0 bridgehead atoms. The van der Waals surface area contributed by atoms with Gasteiger partial charge in [-0.15, -0.1) is 0 Å². The Bertz CT molecular complexity index is 688. The summed E-state index contributed by atoms with van der Waals surface area (Å²) >= 11 is 0. The zero-order valence-corrected chi connectivity index (χ0v) is 18.7. The van der Waals surface area contributed by atoms with E-state index in [0.29, 0.717) is 30.5 Å². The number of hydrogen-bond donors (Lipinski definition) is 0. The zero-order chi connectivity index (χ0) is 19.3. The largest absolute Gasteiger partial charge is 0.400 e. The molecule has 2 rings (SSSR count). The Morgan fingerprint density at radius 3 is 2.62 bits per heavy atom. The Morgan fingerprint density at radius 1 is 1.38 bits per heavy atom. The summed E-state index contributed by atoms with van der Waals surface area (Å²) in [5, 5.41) is 9.36. The van der Waals surface area contributed by atoms with Gasteiger partial charge in [0.15, 0.2) is 19.5 Å². The average Bonchev–Trinajstić information content (AvgIpc) is 2.94. The maximum absolute atomic E-state index is 13.8. The van der Waals surface area contributed by atoms with Gasteiger partial charge in [-0.05, 0) is 31.0 Å². The van der Waals surface area contributed by atoms with Crippen molar-refractivity contribution in [3.05, 3.63) is 29.6 Å². The SMILES string of the molecule is C[SiH2]OC(O[SiH2]C)C(C)(C)CC1CCC(=O)N1c1cc(F)ccc1C#N. The number of amides is 1. The van der Waals surface area contributed by atoms with Crippen LogP contribution in [-0.2, 0) is 13.6 Å². The van der Waals surface area contributed by atoms with Gasteiger partial charge in [0.2, 0.25) is 5.91 Å². The summed E-state index contributed by atoms with van der Waals surface area (Å²) in [6.07, 6.45) is 1.49. The molecule has 1 atom stereocenters. The molecule has 0 saturated carbocycles. The molecule has 142 valence electrons. The summed E-state index contributed by atoms with van der Waals surface area (Å²) in [7, 11) is -1.26. The van der Waals surface area contributed by atoms with Crippen LogP contribution in [0.3, 0.4) is 0 Å². The van der Waals surface area contributed by atoms with Crippen molar-refractivity contribution in [2.75, 3.05) is 4.90 Å². The van der Waals surface area contributed by atoms with Crippen molar-refractivity contribution >= 4 is 31.1 Å². The van der Waals surface area contributed by atoms with Gasteiger partial charge in [0.25, 0.3) is 0 Å². The molecule has 1 heterocycles. The maximum Gasteiger partial charge on any atom is 0.227 e. The van der Waals surface area contributed by atoms with Gasteiger partial charge in [0.05, 0.1) is 11.3 Å². The van der Waals surface area contributed by atoms with Gasteiger partial charge in [0.1, 0.15) is 18.2 Å². The number of rotatable bonds is 8. The topological polar surface area (TPSA) is 62.6 Å². The number of hydrogen-bond acceptors (Lipinski definition) is 4. The molecule has 1 aliphatic heterocycles. The van der Waals surface area contributed by atoms with Gasteiger partial charge < -0.3 is 13.8 Å². The predicted molar refractivity (Wildman–Crippen MR) is 105 cm³/mol. The molecule has 1 amide bonds. The smallest absolute Gasteiger partial charge is 0.227 e. The van der Waals surface area contributed by atoms with Crippen LogP contribution in [-0.4, -0.2) is 37.8 Å². The minimum atomic E-state index is -0.630. The highest BCUT2D eigenvalue weighted by Crippen LogP contribution is 2.38. The monoisotopic (exact) mass is 394 g/mol. The fraction of sp³-hybridized carbons (Fsp3) is 0.556. The summed E-state index contributed by atoms with van der Waals surface area (Å²) in [4.78, 5) is 14.1. The second-order valence-electron chi connectivity index (χ2n) is 7.16. The fourth-order valence-electron chi connectivity index (χ4n) is 3.57. The maximum atomic E-state index is 13.8. The lowest BCUT2D eigenvalue weighted by molar-refractivity contribution is -0.117. The average molecular weight is 395 g/mol. The quantitative estimate of drug-likeness (QED) is 0.501. The second-order valence-corrected chi connectivity index (χ2v) is 8.99. The molecule has 0 radical (unpaired) electrons. The Balaban J connectivity index is 2.30. The van der Waals surface area contributed by atoms with Crippen LogP contribution in [0.15, 0.2) is 18.2 Å². The third-order valence-corrected chi connectivity index (χ3v) is 5.97. The molecule has 1 saturated heterocycles. The first-order valence-electron chi connectivity index (χ1n) is 9.09. The number of nitriles is 1. The zero-order valence-electron chi connectivity index (χ0n) is 15.9. The number of benzene rings is 1. The number of carbonyl (C=O) groups is 1. The lowest BCUT2D eigenvalue weighted by atomic mass is 9.84.